The fraction of sp³-hybridized carbons (Fsp3) is 0.315. The number of aromatic nitrogens is 8. The van der Waals surface area contributed by atoms with Gasteiger partial charge < -0.3 is 44.5 Å². The maximum atomic E-state index is 14.5. The highest BCUT2D eigenvalue weighted by Crippen LogP contribution is 2.57. The van der Waals surface area contributed by atoms with Gasteiger partial charge in [-0.15, -0.1) is 10.2 Å². The van der Waals surface area contributed by atoms with Gasteiger partial charge in [-0.3, -0.25) is 49.1 Å². The van der Waals surface area contributed by atoms with Gasteiger partial charge in [0.1, 0.15) is 48.6 Å². The van der Waals surface area contributed by atoms with Crippen molar-refractivity contribution in [1.82, 2.24) is 61.3 Å². The number of benzene rings is 4. The summed E-state index contributed by atoms with van der Waals surface area (Å²) in [4.78, 5) is 128. The number of carbonyl (C=O) groups excluding carboxylic acids is 8. The fourth-order valence-electron chi connectivity index (χ4n) is 9.69. The molecular formula is C54H53N16O18P. The predicted molar refractivity (Wildman–Crippen MR) is 298 cm³/mol. The van der Waals surface area contributed by atoms with E-state index < -0.39 is 124 Å². The molecule has 0 bridgehead atoms. The second kappa shape index (κ2) is 27.4. The molecule has 462 valence electrons. The lowest BCUT2D eigenvalue weighted by atomic mass is 9.75. The Bertz CT molecular complexity index is 3830. The molecule has 4 unspecified atom stereocenters. The van der Waals surface area contributed by atoms with Crippen molar-refractivity contribution in [3.8, 4) is 11.5 Å². The van der Waals surface area contributed by atoms with Crippen molar-refractivity contribution in [3.05, 3.63) is 169 Å². The Morgan fingerprint density at radius 3 is 1.67 bits per heavy atom. The summed E-state index contributed by atoms with van der Waals surface area (Å²) in [6, 6.07) is 22.3. The second-order valence-electron chi connectivity index (χ2n) is 20.2. The lowest BCUT2D eigenvalue weighted by Gasteiger charge is -2.47. The topological polar surface area (TPSA) is 449 Å². The molecule has 2 saturated heterocycles. The van der Waals surface area contributed by atoms with Crippen LogP contribution in [0.1, 0.15) is 55.3 Å². The number of amides is 4. The van der Waals surface area contributed by atoms with Crippen LogP contribution in [0.3, 0.4) is 0 Å². The van der Waals surface area contributed by atoms with Crippen LogP contribution in [-0.4, -0.2) is 137 Å². The number of Topliss-reactive ketones (excluding diaryl/α,β-unsaturated/α-hetero) is 1. The highest BCUT2D eigenvalue weighted by Gasteiger charge is 2.63. The molecule has 9 rings (SSSR count). The van der Waals surface area contributed by atoms with Gasteiger partial charge in [-0.2, -0.15) is 9.35 Å². The quantitative estimate of drug-likeness (QED) is 0.00902. The van der Waals surface area contributed by atoms with E-state index in [4.69, 9.17) is 23.0 Å². The maximum absolute atomic E-state index is 14.5. The lowest BCUT2D eigenvalue weighted by molar-refractivity contribution is -0.385. The standard InChI is InChI=1S/C33H30N7O11P.C21H23N9O7/c1-19-28-27(20(2)34-26(41)18-38-21(3)35-36-37-38)31(42)39(28)29(33(44)48-32(43)22-14-16-23(17-15-22)40(45)46)30(19)51-52(47,49-24-10-6-4-7-11-24)50-25-12-8-5-9-13-25;1-10(17-16(20(33)24-17)11(2)23-15(31)8-29-12(3)26-27-28-29)19(32)18(25-22)21(34)37-9-13-4-6-14(7-5-13)30(35)36/h4-17,19-20,27-28H,18H2,1-3H3,(H,34,41);4-7,10-11,16-17H,8-9H2,1-3H3,(H,23,31)(H,24,33)/t19-,20-,27?,28?;10-,11-,16?,17?/m11/s1. The van der Waals surface area contributed by atoms with E-state index in [9.17, 15) is 68.7 Å². The summed E-state index contributed by atoms with van der Waals surface area (Å²) in [5.74, 6) is -9.49. The van der Waals surface area contributed by atoms with Gasteiger partial charge >= 0.3 is 31.4 Å². The average Bonchev–Trinajstić information content (AvgIpc) is 1.57. The van der Waals surface area contributed by atoms with E-state index >= 15 is 0 Å². The first-order valence-electron chi connectivity index (χ1n) is 26.8. The largest absolute Gasteiger partial charge is 0.646 e. The molecule has 3 N–H and O–H groups in total. The van der Waals surface area contributed by atoms with Crippen LogP contribution in [0.5, 0.6) is 11.5 Å². The van der Waals surface area contributed by atoms with Gasteiger partial charge in [-0.1, -0.05) is 50.2 Å². The van der Waals surface area contributed by atoms with Gasteiger partial charge in [0.15, 0.2) is 5.70 Å². The molecule has 34 nitrogen and oxygen atoms in total. The molecule has 0 aliphatic carbocycles. The van der Waals surface area contributed by atoms with E-state index in [2.05, 4.69) is 51.8 Å². The van der Waals surface area contributed by atoms with Crippen molar-refractivity contribution < 1.29 is 80.6 Å². The number of phosphoric acid groups is 1. The van der Waals surface area contributed by atoms with Crippen LogP contribution in [0, 0.1) is 57.7 Å². The summed E-state index contributed by atoms with van der Waals surface area (Å²) < 4.78 is 44.7. The first kappa shape index (κ1) is 63.7. The van der Waals surface area contributed by atoms with Crippen molar-refractivity contribution in [2.75, 3.05) is 0 Å². The molecule has 0 spiro atoms. The summed E-state index contributed by atoms with van der Waals surface area (Å²) in [6.07, 6.45) is 0. The van der Waals surface area contributed by atoms with Crippen LogP contribution in [0.15, 0.2) is 121 Å². The SMILES string of the molecule is Cc1nnnn1CC(=O)N[C@H](C)C1C(=O)N2C(C(=O)OC(=O)c3ccc([N+](=O)[O-])cc3)=C(OP(=O)(Oc3ccccc3)Oc3ccccc3)[C@H](C)C12.Cc1nnnn1CC(=O)N[C@H](C)C1C(=O)NC1[C@@H](C)C(=O)C(=[N+]=[N-])C(=O)OCc1ccc([N+](=O)[O-])cc1. The summed E-state index contributed by atoms with van der Waals surface area (Å²) >= 11 is 0. The number of hydrogen-bond donors (Lipinski definition) is 3. The smallest absolute Gasteiger partial charge is 0.452 e. The molecule has 2 fully saturated rings. The number of ketones is 1. The molecule has 0 radical (unpaired) electrons. The zero-order chi connectivity index (χ0) is 64.4. The fourth-order valence-corrected chi connectivity index (χ4v) is 11.1. The lowest BCUT2D eigenvalue weighted by Crippen LogP contribution is -2.68. The van der Waals surface area contributed by atoms with E-state index in [1.165, 1.54) is 64.8 Å². The van der Waals surface area contributed by atoms with Gasteiger partial charge in [0.25, 0.3) is 17.2 Å². The van der Waals surface area contributed by atoms with Crippen LogP contribution < -0.4 is 25.0 Å². The van der Waals surface area contributed by atoms with Crippen LogP contribution in [0.25, 0.3) is 5.53 Å². The summed E-state index contributed by atoms with van der Waals surface area (Å²) in [5.41, 5.74) is 7.65. The third-order valence-corrected chi connectivity index (χ3v) is 15.6. The number of ether oxygens (including phenoxy) is 2. The second-order valence-corrected chi connectivity index (χ2v) is 21.6. The van der Waals surface area contributed by atoms with Crippen molar-refractivity contribution in [2.45, 2.75) is 85.4 Å². The van der Waals surface area contributed by atoms with E-state index in [1.54, 1.807) is 71.0 Å². The minimum atomic E-state index is -4.73. The molecule has 35 heteroatoms. The van der Waals surface area contributed by atoms with Gasteiger partial charge in [-0.25, -0.2) is 23.7 Å². The average molecular weight is 1250 g/mol. The van der Waals surface area contributed by atoms with Gasteiger partial charge in [0, 0.05) is 48.2 Å². The van der Waals surface area contributed by atoms with E-state index in [0.29, 0.717) is 17.2 Å². The van der Waals surface area contributed by atoms with Crippen molar-refractivity contribution in [2.24, 2.45) is 23.7 Å². The zero-order valence-electron chi connectivity index (χ0n) is 47.7. The monoisotopic (exact) mass is 1240 g/mol. The molecule has 6 aromatic rings. The van der Waals surface area contributed by atoms with Crippen molar-refractivity contribution in [3.63, 3.8) is 0 Å². The Morgan fingerprint density at radius 1 is 0.719 bits per heavy atom. The van der Waals surface area contributed by atoms with Crippen LogP contribution >= 0.6 is 7.82 Å². The molecule has 89 heavy (non-hydrogen) atoms. The number of β-lactam (4-membered cyclic amide) rings is 2. The Morgan fingerprint density at radius 2 is 1.21 bits per heavy atom. The first-order chi connectivity index (χ1) is 42.4. The number of para-hydroxylation sites is 2. The molecule has 3 aliphatic heterocycles. The number of rotatable bonds is 24. The Hall–Kier alpha value is -11.3. The van der Waals surface area contributed by atoms with Gasteiger partial charge in [0.05, 0.1) is 39.3 Å². The number of carbonyl (C=O) groups is 8. The van der Waals surface area contributed by atoms with Crippen molar-refractivity contribution in [1.29, 1.82) is 0 Å². The van der Waals surface area contributed by atoms with Crippen LogP contribution in [0.2, 0.25) is 0 Å². The summed E-state index contributed by atoms with van der Waals surface area (Å²) in [5, 5.41) is 51.6. The van der Waals surface area contributed by atoms with Crippen LogP contribution in [-0.2, 0) is 71.8 Å². The molecule has 8 atom stereocenters. The number of non-ortho nitro benzene ring substituents is 2. The molecule has 0 saturated carbocycles. The third-order valence-electron chi connectivity index (χ3n) is 14.3. The highest BCUT2D eigenvalue weighted by atomic mass is 31.2. The molecular weight excluding hydrogens is 1190 g/mol. The first-order valence-corrected chi connectivity index (χ1v) is 28.2. The normalized spacial score (nSPS) is 18.2. The van der Waals surface area contributed by atoms with Crippen molar-refractivity contribution >= 4 is 72.2 Å². The van der Waals surface area contributed by atoms with Crippen LogP contribution in [0.4, 0.5) is 11.4 Å². The molecule has 4 aromatic carbocycles. The number of aryl methyl sites for hydroxylation is 2. The number of hydrogen-bond acceptors (Lipinski definition) is 24. The van der Waals surface area contributed by atoms with E-state index in [0.717, 1.165) is 29.2 Å². The summed E-state index contributed by atoms with van der Waals surface area (Å²) in [6.45, 7) is 8.75. The van der Waals surface area contributed by atoms with E-state index in [1.807, 2.05) is 0 Å². The van der Waals surface area contributed by atoms with Gasteiger partial charge in [-0.05, 0) is 103 Å². The molecule has 4 amide bonds. The maximum Gasteiger partial charge on any atom is 0.646 e. The minimum Gasteiger partial charge on any atom is -0.452 e. The number of nitrogens with one attached hydrogen (secondary N) is 3. The third kappa shape index (κ3) is 14.7. The molecule has 3 aliphatic rings. The number of nitro benzene ring substituents is 2. The minimum absolute atomic E-state index is 0.0943. The number of nitro groups is 2. The number of phosphoric ester groups is 1. The number of tetrazole rings is 2. The number of esters is 3. The Kier molecular flexibility index (Phi) is 19.6. The highest BCUT2D eigenvalue weighted by molar-refractivity contribution is 7.49. The zero-order valence-corrected chi connectivity index (χ0v) is 48.6. The molecule has 5 heterocycles. The predicted octanol–water partition coefficient (Wildman–Crippen LogP) is 2.88. The summed E-state index contributed by atoms with van der Waals surface area (Å²) in [7, 11) is -4.73. The Labute approximate surface area is 502 Å². The van der Waals surface area contributed by atoms with E-state index in [-0.39, 0.29) is 53.9 Å². The number of fused-ring (bicyclic) bond motifs is 1. The number of nitrogens with zero attached hydrogens (tertiary/aromatic N) is 13. The van der Waals surface area contributed by atoms with Gasteiger partial charge in [0.2, 0.25) is 23.6 Å². The Balaban J connectivity index is 0.000000244. The molecule has 2 aromatic heterocycles.